The van der Waals surface area contributed by atoms with Crippen molar-refractivity contribution in [3.05, 3.63) is 200 Å². The monoisotopic (exact) mass is 672 g/mol. The van der Waals surface area contributed by atoms with E-state index in [1.807, 2.05) is 0 Å². The lowest BCUT2D eigenvalue weighted by Crippen LogP contribution is -2.61. The fourth-order valence-electron chi connectivity index (χ4n) is 8.93. The van der Waals surface area contributed by atoms with Gasteiger partial charge in [-0.05, 0) is 109 Å². The van der Waals surface area contributed by atoms with Crippen molar-refractivity contribution in [3.63, 3.8) is 0 Å². The predicted octanol–water partition coefficient (Wildman–Crippen LogP) is 11.4. The van der Waals surface area contributed by atoms with Gasteiger partial charge in [-0.1, -0.05) is 152 Å². The van der Waals surface area contributed by atoms with E-state index in [9.17, 15) is 0 Å². The van der Waals surface area contributed by atoms with Gasteiger partial charge in [0.05, 0.1) is 0 Å². The lowest BCUT2D eigenvalue weighted by atomic mass is 9.33. The maximum Gasteiger partial charge on any atom is 0.252 e. The summed E-state index contributed by atoms with van der Waals surface area (Å²) in [4.78, 5) is 4.93. The molecular weight excluding hydrogens is 639 g/mol. The Morgan fingerprint density at radius 1 is 0.302 bits per heavy atom. The number of hydrogen-bond acceptors (Lipinski definition) is 2. The zero-order valence-electron chi connectivity index (χ0n) is 29.0. The lowest BCUT2D eigenvalue weighted by Gasteiger charge is -2.44. The minimum Gasteiger partial charge on any atom is -0.311 e. The van der Waals surface area contributed by atoms with Gasteiger partial charge in [-0.25, -0.2) is 0 Å². The zero-order valence-corrected chi connectivity index (χ0v) is 29.0. The molecule has 9 aromatic carbocycles. The van der Waals surface area contributed by atoms with Crippen molar-refractivity contribution in [1.82, 2.24) is 0 Å². The van der Waals surface area contributed by atoms with Crippen molar-refractivity contribution in [3.8, 4) is 22.3 Å². The fraction of sp³-hybridized carbons (Fsp3) is 0. The van der Waals surface area contributed by atoms with Crippen LogP contribution in [0.4, 0.5) is 34.1 Å². The van der Waals surface area contributed by atoms with Crippen molar-refractivity contribution in [1.29, 1.82) is 0 Å². The number of anilines is 6. The largest absolute Gasteiger partial charge is 0.311 e. The summed E-state index contributed by atoms with van der Waals surface area (Å²) in [6.45, 7) is 0.117. The van der Waals surface area contributed by atoms with Gasteiger partial charge in [0.25, 0.3) is 6.71 Å². The first-order valence-corrected chi connectivity index (χ1v) is 18.4. The molecular formula is C50H33BN2. The van der Waals surface area contributed by atoms with Gasteiger partial charge in [0.2, 0.25) is 0 Å². The van der Waals surface area contributed by atoms with Gasteiger partial charge >= 0.3 is 0 Å². The molecule has 11 rings (SSSR count). The topological polar surface area (TPSA) is 6.48 Å². The molecule has 0 aliphatic carbocycles. The molecule has 3 heteroatoms. The van der Waals surface area contributed by atoms with Gasteiger partial charge in [-0.2, -0.15) is 0 Å². The number of benzene rings is 9. The Kier molecular flexibility index (Phi) is 6.68. The second-order valence-electron chi connectivity index (χ2n) is 14.1. The van der Waals surface area contributed by atoms with Gasteiger partial charge < -0.3 is 9.80 Å². The highest BCUT2D eigenvalue weighted by atomic mass is 15.2. The molecule has 0 N–H and O–H groups in total. The van der Waals surface area contributed by atoms with Crippen LogP contribution in [0.3, 0.4) is 0 Å². The van der Waals surface area contributed by atoms with E-state index in [4.69, 9.17) is 0 Å². The number of nitrogens with zero attached hydrogens (tertiary/aromatic N) is 2. The van der Waals surface area contributed by atoms with E-state index in [0.29, 0.717) is 0 Å². The van der Waals surface area contributed by atoms with Gasteiger partial charge in [-0.15, -0.1) is 0 Å². The van der Waals surface area contributed by atoms with Crippen molar-refractivity contribution in [2.24, 2.45) is 0 Å². The molecule has 0 amide bonds. The highest BCUT2D eigenvalue weighted by Gasteiger charge is 2.42. The first-order valence-electron chi connectivity index (χ1n) is 18.4. The molecule has 2 nitrogen and oxygen atoms in total. The molecule has 0 aromatic heterocycles. The van der Waals surface area contributed by atoms with Crippen LogP contribution in [-0.4, -0.2) is 6.71 Å². The summed E-state index contributed by atoms with van der Waals surface area (Å²) in [7, 11) is 0. The Balaban J connectivity index is 1.06. The van der Waals surface area contributed by atoms with Crippen LogP contribution in [0.2, 0.25) is 0 Å². The number of fused-ring (bicyclic) bond motifs is 6. The van der Waals surface area contributed by atoms with Crippen LogP contribution < -0.4 is 26.2 Å². The number of hydrogen-bond donors (Lipinski definition) is 0. The van der Waals surface area contributed by atoms with Crippen LogP contribution in [0.15, 0.2) is 200 Å². The Hall–Kier alpha value is -6.84. The molecule has 0 saturated carbocycles. The molecule has 53 heavy (non-hydrogen) atoms. The second kappa shape index (κ2) is 11.9. The van der Waals surface area contributed by atoms with Crippen LogP contribution in [0, 0.1) is 0 Å². The first kappa shape index (κ1) is 29.9. The molecule has 0 fully saturated rings. The highest BCUT2D eigenvalue weighted by Crippen LogP contribution is 2.44. The third-order valence-electron chi connectivity index (χ3n) is 11.3. The molecule has 0 bridgehead atoms. The average molecular weight is 673 g/mol. The minimum absolute atomic E-state index is 0.117. The van der Waals surface area contributed by atoms with Crippen LogP contribution in [0.5, 0.6) is 0 Å². The lowest BCUT2D eigenvalue weighted by molar-refractivity contribution is 1.25. The van der Waals surface area contributed by atoms with Crippen molar-refractivity contribution in [2.75, 3.05) is 9.80 Å². The molecule has 2 aliphatic rings. The third-order valence-corrected chi connectivity index (χ3v) is 11.3. The Morgan fingerprint density at radius 3 is 1.17 bits per heavy atom. The third kappa shape index (κ3) is 4.61. The van der Waals surface area contributed by atoms with Crippen LogP contribution >= 0.6 is 0 Å². The SMILES string of the molecule is c1ccc2c(c1)B1c3ccccc3N(c3ccc(-c4cccc5ccccc45)cc3)c3cccc(c31)N2c1ccc(-c2cccc3ccccc23)cc1. The maximum absolute atomic E-state index is 2.47. The number of para-hydroxylation sites is 2. The first-order chi connectivity index (χ1) is 26.3. The van der Waals surface area contributed by atoms with Gasteiger partial charge in [0.15, 0.2) is 0 Å². The quantitative estimate of drug-likeness (QED) is 0.172. The molecule has 9 aromatic rings. The highest BCUT2D eigenvalue weighted by molar-refractivity contribution is 7.00. The predicted molar refractivity (Wildman–Crippen MR) is 226 cm³/mol. The van der Waals surface area contributed by atoms with E-state index in [1.165, 1.54) is 82.9 Å². The average Bonchev–Trinajstić information content (AvgIpc) is 3.23. The molecule has 2 heterocycles. The smallest absolute Gasteiger partial charge is 0.252 e. The van der Waals surface area contributed by atoms with Crippen LogP contribution in [-0.2, 0) is 0 Å². The van der Waals surface area contributed by atoms with E-state index in [0.717, 1.165) is 11.4 Å². The van der Waals surface area contributed by atoms with Gasteiger partial charge in [0, 0.05) is 34.1 Å². The van der Waals surface area contributed by atoms with E-state index in [-0.39, 0.29) is 6.71 Å². The summed E-state index contributed by atoms with van der Waals surface area (Å²) < 4.78 is 0. The summed E-state index contributed by atoms with van der Waals surface area (Å²) in [6.07, 6.45) is 0. The molecule has 0 spiro atoms. The van der Waals surface area contributed by atoms with Gasteiger partial charge in [0.1, 0.15) is 0 Å². The summed E-state index contributed by atoms with van der Waals surface area (Å²) in [5.41, 5.74) is 16.1. The zero-order chi connectivity index (χ0) is 34.9. The second-order valence-corrected chi connectivity index (χ2v) is 14.1. The Bertz CT molecular complexity index is 2660. The molecule has 0 saturated heterocycles. The van der Waals surface area contributed by atoms with Crippen molar-refractivity contribution < 1.29 is 0 Å². The van der Waals surface area contributed by atoms with E-state index >= 15 is 0 Å². The summed E-state index contributed by atoms with van der Waals surface area (Å²) >= 11 is 0. The summed E-state index contributed by atoms with van der Waals surface area (Å²) in [5.74, 6) is 0. The van der Waals surface area contributed by atoms with Crippen LogP contribution in [0.1, 0.15) is 0 Å². The summed E-state index contributed by atoms with van der Waals surface area (Å²) in [6, 6.07) is 73.4. The Morgan fingerprint density at radius 2 is 0.679 bits per heavy atom. The van der Waals surface area contributed by atoms with Gasteiger partial charge in [-0.3, -0.25) is 0 Å². The standard InChI is InChI=1S/C50H33BN2/c1-3-16-40-34(12-1)14-9-18-42(40)36-26-30-38(31-27-36)52-46-22-7-5-20-44(46)51-45-21-6-8-23-47(45)53(49-25-11-24-48(52)50(49)51)39-32-28-37(29-33-39)43-19-10-15-35-13-2-4-17-41(35)43/h1-33H. The van der Waals surface area contributed by atoms with Crippen molar-refractivity contribution in [2.45, 2.75) is 0 Å². The molecule has 0 unspecified atom stereocenters. The number of rotatable bonds is 4. The van der Waals surface area contributed by atoms with E-state index in [1.54, 1.807) is 0 Å². The molecule has 2 aliphatic heterocycles. The van der Waals surface area contributed by atoms with Crippen LogP contribution in [0.25, 0.3) is 43.8 Å². The minimum atomic E-state index is 0.117. The van der Waals surface area contributed by atoms with E-state index < -0.39 is 0 Å². The molecule has 246 valence electrons. The summed E-state index contributed by atoms with van der Waals surface area (Å²) in [5, 5.41) is 5.06. The van der Waals surface area contributed by atoms with Crippen molar-refractivity contribution >= 4 is 78.8 Å². The fourth-order valence-corrected chi connectivity index (χ4v) is 8.93. The molecule has 0 radical (unpaired) electrons. The Labute approximate surface area is 309 Å². The van der Waals surface area contributed by atoms with E-state index in [2.05, 4.69) is 210 Å². The normalized spacial score (nSPS) is 12.8. The molecule has 0 atom stereocenters. The maximum atomic E-state index is 2.47.